The first-order valence-electron chi connectivity index (χ1n) is 10.5. The Hall–Kier alpha value is -2.69. The Morgan fingerprint density at radius 3 is 2.56 bits per heavy atom. The largest absolute Gasteiger partial charge is 0.355 e. The number of amides is 1. The molecule has 0 spiro atoms. The van der Waals surface area contributed by atoms with Gasteiger partial charge in [-0.1, -0.05) is 54.2 Å². The lowest BCUT2D eigenvalue weighted by molar-refractivity contribution is -0.120. The summed E-state index contributed by atoms with van der Waals surface area (Å²) in [7, 11) is -3.44. The van der Waals surface area contributed by atoms with E-state index < -0.39 is 10.0 Å². The topological polar surface area (TPSA) is 117 Å². The van der Waals surface area contributed by atoms with Gasteiger partial charge in [0.1, 0.15) is 0 Å². The van der Waals surface area contributed by atoms with Crippen LogP contribution in [0.1, 0.15) is 24.8 Å². The van der Waals surface area contributed by atoms with Gasteiger partial charge in [-0.3, -0.25) is 9.89 Å². The SMILES string of the molecule is O=C(CCc1ccc(S(=O)(=O)NC2CC2)cc1)NCCSc1n[nH]c(-c2ccccc2)n1. The minimum atomic E-state index is -3.44. The molecule has 3 aromatic rings. The lowest BCUT2D eigenvalue weighted by Crippen LogP contribution is -2.26. The first kappa shape index (κ1) is 22.5. The number of nitrogens with zero attached hydrogens (tertiary/aromatic N) is 2. The van der Waals surface area contributed by atoms with Gasteiger partial charge in [0.2, 0.25) is 21.1 Å². The summed E-state index contributed by atoms with van der Waals surface area (Å²) in [5.41, 5.74) is 1.90. The molecule has 1 saturated carbocycles. The Morgan fingerprint density at radius 1 is 1.09 bits per heavy atom. The lowest BCUT2D eigenvalue weighted by atomic mass is 10.1. The molecule has 1 aromatic heterocycles. The summed E-state index contributed by atoms with van der Waals surface area (Å²) in [6.45, 7) is 0.517. The number of aromatic amines is 1. The van der Waals surface area contributed by atoms with Gasteiger partial charge < -0.3 is 5.32 Å². The van der Waals surface area contributed by atoms with Crippen LogP contribution in [0.5, 0.6) is 0 Å². The van der Waals surface area contributed by atoms with Crippen molar-refractivity contribution in [3.63, 3.8) is 0 Å². The molecule has 32 heavy (non-hydrogen) atoms. The molecule has 0 saturated heterocycles. The monoisotopic (exact) mass is 471 g/mol. The van der Waals surface area contributed by atoms with Crippen LogP contribution in [0.4, 0.5) is 0 Å². The number of aromatic nitrogens is 3. The van der Waals surface area contributed by atoms with Crippen LogP contribution in [0.2, 0.25) is 0 Å². The predicted octanol–water partition coefficient (Wildman–Crippen LogP) is 2.75. The summed E-state index contributed by atoms with van der Waals surface area (Å²) < 4.78 is 27.1. The van der Waals surface area contributed by atoms with Gasteiger partial charge in [-0.25, -0.2) is 18.1 Å². The molecule has 1 fully saturated rings. The van der Waals surface area contributed by atoms with E-state index in [1.54, 1.807) is 24.3 Å². The Bertz CT molecular complexity index is 1140. The molecule has 0 atom stereocenters. The number of H-pyrrole nitrogens is 1. The van der Waals surface area contributed by atoms with Crippen LogP contribution in [-0.4, -0.2) is 47.8 Å². The molecule has 1 amide bonds. The summed E-state index contributed by atoms with van der Waals surface area (Å²) in [5, 5.41) is 10.7. The second-order valence-electron chi connectivity index (χ2n) is 7.57. The minimum absolute atomic E-state index is 0.0438. The van der Waals surface area contributed by atoms with Gasteiger partial charge in [0.15, 0.2) is 5.82 Å². The van der Waals surface area contributed by atoms with Crippen molar-refractivity contribution in [1.29, 1.82) is 0 Å². The van der Waals surface area contributed by atoms with Crippen molar-refractivity contribution in [3.05, 3.63) is 60.2 Å². The molecule has 1 heterocycles. The summed E-state index contributed by atoms with van der Waals surface area (Å²) in [6, 6.07) is 16.6. The van der Waals surface area contributed by atoms with E-state index in [1.165, 1.54) is 11.8 Å². The molecule has 0 bridgehead atoms. The summed E-state index contributed by atoms with van der Waals surface area (Å²) in [4.78, 5) is 16.8. The van der Waals surface area contributed by atoms with Crippen LogP contribution in [0, 0.1) is 0 Å². The molecule has 2 aromatic carbocycles. The van der Waals surface area contributed by atoms with Gasteiger partial charge in [0, 0.05) is 30.3 Å². The van der Waals surface area contributed by atoms with Crippen molar-refractivity contribution in [2.45, 2.75) is 41.8 Å². The molecule has 0 radical (unpaired) electrons. The zero-order valence-electron chi connectivity index (χ0n) is 17.5. The third-order valence-electron chi connectivity index (χ3n) is 4.94. The van der Waals surface area contributed by atoms with Crippen molar-refractivity contribution in [2.24, 2.45) is 0 Å². The number of aryl methyl sites for hydroxylation is 1. The molecule has 0 aliphatic heterocycles. The van der Waals surface area contributed by atoms with Gasteiger partial charge in [-0.05, 0) is 37.0 Å². The smallest absolute Gasteiger partial charge is 0.240 e. The van der Waals surface area contributed by atoms with E-state index in [9.17, 15) is 13.2 Å². The number of nitrogens with one attached hydrogen (secondary N) is 3. The van der Waals surface area contributed by atoms with E-state index in [4.69, 9.17) is 0 Å². The number of thioether (sulfide) groups is 1. The fourth-order valence-corrected chi connectivity index (χ4v) is 5.00. The van der Waals surface area contributed by atoms with E-state index in [0.717, 1.165) is 29.8 Å². The highest BCUT2D eigenvalue weighted by atomic mass is 32.2. The summed E-state index contributed by atoms with van der Waals surface area (Å²) in [5.74, 6) is 1.34. The fraction of sp³-hybridized carbons (Fsp3) is 0.318. The number of hydrogen-bond acceptors (Lipinski definition) is 6. The van der Waals surface area contributed by atoms with Gasteiger partial charge in [0.05, 0.1) is 4.90 Å². The van der Waals surface area contributed by atoms with Gasteiger partial charge in [-0.2, -0.15) is 0 Å². The van der Waals surface area contributed by atoms with Crippen molar-refractivity contribution in [2.75, 3.05) is 12.3 Å². The van der Waals surface area contributed by atoms with E-state index >= 15 is 0 Å². The zero-order chi connectivity index (χ0) is 22.4. The number of carbonyl (C=O) groups is 1. The molecular weight excluding hydrogens is 446 g/mol. The summed E-state index contributed by atoms with van der Waals surface area (Å²) >= 11 is 1.47. The predicted molar refractivity (Wildman–Crippen MR) is 124 cm³/mol. The molecule has 4 rings (SSSR count). The Labute approximate surface area is 191 Å². The fourth-order valence-electron chi connectivity index (χ4n) is 3.04. The molecule has 8 nitrogen and oxygen atoms in total. The van der Waals surface area contributed by atoms with Crippen LogP contribution >= 0.6 is 11.8 Å². The van der Waals surface area contributed by atoms with Crippen molar-refractivity contribution in [3.8, 4) is 11.4 Å². The van der Waals surface area contributed by atoms with Crippen LogP contribution in [0.3, 0.4) is 0 Å². The van der Waals surface area contributed by atoms with Crippen LogP contribution in [0.15, 0.2) is 64.6 Å². The third-order valence-corrected chi connectivity index (χ3v) is 7.33. The Balaban J connectivity index is 1.15. The quantitative estimate of drug-likeness (QED) is 0.292. The number of benzene rings is 2. The number of rotatable bonds is 11. The lowest BCUT2D eigenvalue weighted by Gasteiger charge is -2.07. The standard InChI is InChI=1S/C22H25N5O3S2/c28-20(13-8-16-6-11-19(12-7-16)32(29,30)27-18-9-10-18)23-14-15-31-22-24-21(25-26-22)17-4-2-1-3-5-17/h1-7,11-12,18,27H,8-10,13-15H2,(H,23,28)(H,24,25,26). The molecule has 1 aliphatic rings. The average molecular weight is 472 g/mol. The van der Waals surface area contributed by atoms with Crippen LogP contribution in [-0.2, 0) is 21.2 Å². The normalized spacial score (nSPS) is 13.8. The van der Waals surface area contributed by atoms with Gasteiger partial charge in [0.25, 0.3) is 0 Å². The Morgan fingerprint density at radius 2 is 1.84 bits per heavy atom. The van der Waals surface area contributed by atoms with E-state index in [2.05, 4.69) is 25.2 Å². The highest BCUT2D eigenvalue weighted by molar-refractivity contribution is 7.99. The second kappa shape index (κ2) is 10.3. The van der Waals surface area contributed by atoms with Crippen molar-refractivity contribution >= 4 is 27.7 Å². The van der Waals surface area contributed by atoms with Gasteiger partial charge >= 0.3 is 0 Å². The number of carbonyl (C=O) groups excluding carboxylic acids is 1. The number of sulfonamides is 1. The van der Waals surface area contributed by atoms with Crippen LogP contribution < -0.4 is 10.0 Å². The molecule has 1 aliphatic carbocycles. The third kappa shape index (κ3) is 6.41. The van der Waals surface area contributed by atoms with Crippen molar-refractivity contribution < 1.29 is 13.2 Å². The molecule has 0 unspecified atom stereocenters. The highest BCUT2D eigenvalue weighted by Crippen LogP contribution is 2.22. The maximum absolute atomic E-state index is 12.2. The Kier molecular flexibility index (Phi) is 7.23. The minimum Gasteiger partial charge on any atom is -0.355 e. The molecule has 168 valence electrons. The van der Waals surface area contributed by atoms with Crippen molar-refractivity contribution in [1.82, 2.24) is 25.2 Å². The second-order valence-corrected chi connectivity index (χ2v) is 10.3. The van der Waals surface area contributed by atoms with E-state index in [0.29, 0.717) is 30.3 Å². The van der Waals surface area contributed by atoms with Crippen LogP contribution in [0.25, 0.3) is 11.4 Å². The summed E-state index contributed by atoms with van der Waals surface area (Å²) in [6.07, 6.45) is 2.70. The molecular formula is C22H25N5O3S2. The van der Waals surface area contributed by atoms with E-state index in [1.807, 2.05) is 30.3 Å². The first-order valence-corrected chi connectivity index (χ1v) is 12.9. The molecule has 3 N–H and O–H groups in total. The number of hydrogen-bond donors (Lipinski definition) is 3. The maximum atomic E-state index is 12.2. The highest BCUT2D eigenvalue weighted by Gasteiger charge is 2.27. The zero-order valence-corrected chi connectivity index (χ0v) is 19.1. The molecule has 10 heteroatoms. The van der Waals surface area contributed by atoms with Gasteiger partial charge in [-0.15, -0.1) is 5.10 Å². The average Bonchev–Trinajstić information content (AvgIpc) is 3.48. The van der Waals surface area contributed by atoms with E-state index in [-0.39, 0.29) is 16.8 Å². The maximum Gasteiger partial charge on any atom is 0.240 e. The first-order chi connectivity index (χ1) is 15.5.